The zero-order chi connectivity index (χ0) is 30.4. The van der Waals surface area contributed by atoms with Gasteiger partial charge >= 0.3 is 0 Å². The van der Waals surface area contributed by atoms with E-state index in [9.17, 15) is 18.0 Å². The second kappa shape index (κ2) is 14.3. The van der Waals surface area contributed by atoms with Crippen LogP contribution in [0.15, 0.2) is 71.6 Å². The fraction of sp³-hybridized carbons (Fsp3) is 0.333. The van der Waals surface area contributed by atoms with Gasteiger partial charge in [0.1, 0.15) is 12.6 Å². The summed E-state index contributed by atoms with van der Waals surface area (Å²) in [4.78, 5) is 28.8. The van der Waals surface area contributed by atoms with Crippen molar-refractivity contribution in [2.45, 2.75) is 62.6 Å². The molecule has 0 aromatic heterocycles. The first kappa shape index (κ1) is 32.4. The van der Waals surface area contributed by atoms with E-state index >= 15 is 0 Å². The highest BCUT2D eigenvalue weighted by molar-refractivity contribution is 7.92. The average molecular weight is 671 g/mol. The summed E-state index contributed by atoms with van der Waals surface area (Å²) in [7, 11) is -4.24. The summed E-state index contributed by atoms with van der Waals surface area (Å²) in [5.41, 5.74) is 0.733. The summed E-state index contributed by atoms with van der Waals surface area (Å²) in [5, 5.41) is 4.11. The topological polar surface area (TPSA) is 86.8 Å². The molecule has 1 aliphatic rings. The predicted molar refractivity (Wildman–Crippen MR) is 169 cm³/mol. The molecule has 224 valence electrons. The molecule has 0 radical (unpaired) electrons. The maximum atomic E-state index is 14.1. The Labute approximate surface area is 266 Å². The van der Waals surface area contributed by atoms with Gasteiger partial charge in [0.15, 0.2) is 0 Å². The highest BCUT2D eigenvalue weighted by Gasteiger charge is 2.33. The van der Waals surface area contributed by atoms with Crippen molar-refractivity contribution in [1.82, 2.24) is 10.2 Å². The van der Waals surface area contributed by atoms with Gasteiger partial charge in [-0.2, -0.15) is 0 Å². The fourth-order valence-electron chi connectivity index (χ4n) is 4.92. The summed E-state index contributed by atoms with van der Waals surface area (Å²) < 4.78 is 28.7. The van der Waals surface area contributed by atoms with Gasteiger partial charge < -0.3 is 10.2 Å². The Morgan fingerprint density at radius 3 is 2.14 bits per heavy atom. The lowest BCUT2D eigenvalue weighted by atomic mass is 9.95. The van der Waals surface area contributed by atoms with Crippen molar-refractivity contribution in [1.29, 1.82) is 0 Å². The number of hydrogen-bond donors (Lipinski definition) is 1. The van der Waals surface area contributed by atoms with E-state index in [0.29, 0.717) is 15.6 Å². The summed E-state index contributed by atoms with van der Waals surface area (Å²) in [5.74, 6) is -0.929. The van der Waals surface area contributed by atoms with Crippen LogP contribution in [0, 0.1) is 0 Å². The van der Waals surface area contributed by atoms with Gasteiger partial charge in [0, 0.05) is 22.6 Å². The second-order valence-electron chi connectivity index (χ2n) is 10.2. The Hall–Kier alpha value is -2.49. The van der Waals surface area contributed by atoms with E-state index < -0.39 is 28.5 Å². The van der Waals surface area contributed by atoms with Crippen LogP contribution in [0.5, 0.6) is 0 Å². The molecule has 1 aliphatic carbocycles. The van der Waals surface area contributed by atoms with Gasteiger partial charge in [-0.25, -0.2) is 8.42 Å². The quantitative estimate of drug-likeness (QED) is 0.244. The van der Waals surface area contributed by atoms with Crippen molar-refractivity contribution < 1.29 is 18.0 Å². The number of carbonyl (C=O) groups is 2. The number of hydrogen-bond acceptors (Lipinski definition) is 4. The summed E-state index contributed by atoms with van der Waals surface area (Å²) in [6, 6.07) is 16.1. The standard InChI is InChI=1S/C30H31Cl4N3O4S/c1-20(30(39)35-24-8-4-2-5-9-24)36(18-21-12-13-27(33)28(34)14-21)29(38)19-37(25-16-22(31)15-23(32)17-25)42(40,41)26-10-6-3-7-11-26/h3,6-7,10-17,20,24H,2,4-5,8-9,18-19H2,1H3,(H,35,39)/t20-/m1/s1. The SMILES string of the molecule is C[C@H](C(=O)NC1CCCCC1)N(Cc1ccc(Cl)c(Cl)c1)C(=O)CN(c1cc(Cl)cc(Cl)c1)S(=O)(=O)c1ccccc1. The van der Waals surface area contributed by atoms with Gasteiger partial charge in [-0.1, -0.05) is 89.9 Å². The zero-order valence-corrected chi connectivity index (χ0v) is 26.7. The van der Waals surface area contributed by atoms with Gasteiger partial charge in [-0.05, 0) is 67.8 Å². The molecule has 7 nitrogen and oxygen atoms in total. The van der Waals surface area contributed by atoms with E-state index in [0.717, 1.165) is 36.4 Å². The van der Waals surface area contributed by atoms with Gasteiger partial charge in [-0.3, -0.25) is 13.9 Å². The van der Waals surface area contributed by atoms with Crippen molar-refractivity contribution in [3.8, 4) is 0 Å². The molecule has 3 aromatic rings. The number of nitrogens with zero attached hydrogens (tertiary/aromatic N) is 2. The molecule has 1 saturated carbocycles. The van der Waals surface area contributed by atoms with Crippen molar-refractivity contribution in [2.75, 3.05) is 10.8 Å². The molecule has 4 rings (SSSR count). The summed E-state index contributed by atoms with van der Waals surface area (Å²) in [6.45, 7) is 1.00. The molecule has 3 aromatic carbocycles. The second-order valence-corrected chi connectivity index (χ2v) is 13.8. The van der Waals surface area contributed by atoms with Crippen molar-refractivity contribution in [3.05, 3.63) is 92.4 Å². The van der Waals surface area contributed by atoms with Crippen LogP contribution in [0.4, 0.5) is 5.69 Å². The van der Waals surface area contributed by atoms with E-state index in [1.54, 1.807) is 43.3 Å². The molecular formula is C30H31Cl4N3O4S. The van der Waals surface area contributed by atoms with Gasteiger partial charge in [0.05, 0.1) is 20.6 Å². The van der Waals surface area contributed by atoms with Crippen LogP contribution in [0.3, 0.4) is 0 Å². The molecule has 42 heavy (non-hydrogen) atoms. The molecule has 0 spiro atoms. The summed E-state index contributed by atoms with van der Waals surface area (Å²) >= 11 is 24.8. The summed E-state index contributed by atoms with van der Waals surface area (Å²) in [6.07, 6.45) is 4.93. The van der Waals surface area contributed by atoms with E-state index in [1.165, 1.54) is 35.2 Å². The number of rotatable bonds is 10. The maximum absolute atomic E-state index is 14.1. The highest BCUT2D eigenvalue weighted by Crippen LogP contribution is 2.30. The molecule has 1 fully saturated rings. The minimum atomic E-state index is -4.24. The van der Waals surface area contributed by atoms with Gasteiger partial charge in [0.25, 0.3) is 10.0 Å². The fourth-order valence-corrected chi connectivity index (χ4v) is 7.17. The first-order chi connectivity index (χ1) is 20.0. The number of halogens is 4. The Bertz CT molecular complexity index is 1510. The van der Waals surface area contributed by atoms with E-state index in [1.807, 2.05) is 0 Å². The third kappa shape index (κ3) is 8.11. The van der Waals surface area contributed by atoms with Crippen molar-refractivity contribution in [3.63, 3.8) is 0 Å². The Morgan fingerprint density at radius 2 is 1.52 bits per heavy atom. The lowest BCUT2D eigenvalue weighted by molar-refractivity contribution is -0.139. The van der Waals surface area contributed by atoms with Crippen LogP contribution in [-0.2, 0) is 26.2 Å². The van der Waals surface area contributed by atoms with Gasteiger partial charge in [0.2, 0.25) is 11.8 Å². The molecule has 0 bridgehead atoms. The number of benzene rings is 3. The molecule has 0 aliphatic heterocycles. The Kier molecular flexibility index (Phi) is 11.1. The first-order valence-corrected chi connectivity index (χ1v) is 16.5. The zero-order valence-electron chi connectivity index (χ0n) is 22.9. The Balaban J connectivity index is 1.70. The van der Waals surface area contributed by atoms with E-state index in [-0.39, 0.29) is 39.1 Å². The maximum Gasteiger partial charge on any atom is 0.264 e. The van der Waals surface area contributed by atoms with Crippen molar-refractivity contribution >= 4 is 73.9 Å². The van der Waals surface area contributed by atoms with Crippen molar-refractivity contribution in [2.24, 2.45) is 0 Å². The molecule has 0 heterocycles. The number of amides is 2. The monoisotopic (exact) mass is 669 g/mol. The Morgan fingerprint density at radius 1 is 0.881 bits per heavy atom. The van der Waals surface area contributed by atoms with E-state index in [4.69, 9.17) is 46.4 Å². The smallest absolute Gasteiger partial charge is 0.264 e. The molecular weight excluding hydrogens is 640 g/mol. The number of anilines is 1. The highest BCUT2D eigenvalue weighted by atomic mass is 35.5. The third-order valence-electron chi connectivity index (χ3n) is 7.20. The molecule has 0 unspecified atom stereocenters. The minimum Gasteiger partial charge on any atom is -0.352 e. The number of nitrogens with one attached hydrogen (secondary N) is 1. The van der Waals surface area contributed by atoms with Gasteiger partial charge in [-0.15, -0.1) is 0 Å². The van der Waals surface area contributed by atoms with E-state index in [2.05, 4.69) is 5.32 Å². The number of carbonyl (C=O) groups excluding carboxylic acids is 2. The normalized spacial score (nSPS) is 14.7. The first-order valence-electron chi connectivity index (χ1n) is 13.5. The van der Waals surface area contributed by atoms with Crippen LogP contribution in [0.25, 0.3) is 0 Å². The predicted octanol–water partition coefficient (Wildman–Crippen LogP) is 7.36. The largest absolute Gasteiger partial charge is 0.352 e. The van der Waals surface area contributed by atoms with Crippen LogP contribution < -0.4 is 9.62 Å². The molecule has 1 atom stereocenters. The third-order valence-corrected chi connectivity index (χ3v) is 10.2. The average Bonchev–Trinajstić information content (AvgIpc) is 2.96. The van der Waals surface area contributed by atoms with Crippen LogP contribution in [-0.4, -0.2) is 43.8 Å². The number of sulfonamides is 1. The molecule has 0 saturated heterocycles. The van der Waals surface area contributed by atoms with Crippen LogP contribution in [0.1, 0.15) is 44.6 Å². The minimum absolute atomic E-state index is 0.00942. The van der Waals surface area contributed by atoms with Crippen LogP contribution in [0.2, 0.25) is 20.1 Å². The molecule has 1 N–H and O–H groups in total. The lowest BCUT2D eigenvalue weighted by Crippen LogP contribution is -2.53. The molecule has 12 heteroatoms. The lowest BCUT2D eigenvalue weighted by Gasteiger charge is -2.33. The van der Waals surface area contributed by atoms with Crippen LogP contribution >= 0.6 is 46.4 Å². The molecule has 2 amide bonds.